The lowest BCUT2D eigenvalue weighted by Crippen LogP contribution is -2.30. The summed E-state index contributed by atoms with van der Waals surface area (Å²) in [5.41, 5.74) is 4.56. The molecule has 0 saturated carbocycles. The second kappa shape index (κ2) is 21.3. The molecule has 220 valence electrons. The van der Waals surface area contributed by atoms with E-state index < -0.39 is 0 Å². The molecule has 1 aliphatic heterocycles. The van der Waals surface area contributed by atoms with Gasteiger partial charge in [0.15, 0.2) is 0 Å². The van der Waals surface area contributed by atoms with Gasteiger partial charge < -0.3 is 14.2 Å². The molecule has 0 aromatic heterocycles. The molecule has 1 aliphatic rings. The number of hydrogen-bond donors (Lipinski definition) is 0. The van der Waals surface area contributed by atoms with Gasteiger partial charge in [-0.1, -0.05) is 90.5 Å². The number of fused-ring (bicyclic) bond motifs is 1. The van der Waals surface area contributed by atoms with Crippen molar-refractivity contribution in [3.63, 3.8) is 0 Å². The zero-order valence-corrected chi connectivity index (χ0v) is 26.8. The molecule has 0 spiro atoms. The molecular weight excluding hydrogens is 482 g/mol. The molecular formula is C35H57NO3. The number of ether oxygens (including phenoxy) is 3. The van der Waals surface area contributed by atoms with Crippen LogP contribution in [0.2, 0.25) is 0 Å². The standard InChI is InChI=1S/C18H21NO2.C12H22.C3H8.C2H6O/c1-20-17-5-3-4-14(10-17)12-19-9-8-15-11-18(21-2)7-6-16(15)13-19;1-6-7-8-9-11(2)10-12(3,4)5;2*1-3-2/h3-7,10-11H,8-9,12-13H2,1-2H3;6-9,11H,10H2,1-5H3;3H2,1-2H3;1-2H3/b;7-6-,9-8-;;. The first kappa shape index (κ1) is 36.4. The third-order valence-electron chi connectivity index (χ3n) is 5.72. The second-order valence-corrected chi connectivity index (χ2v) is 11.2. The Morgan fingerprint density at radius 3 is 2.08 bits per heavy atom. The fourth-order valence-corrected chi connectivity index (χ4v) is 4.28. The van der Waals surface area contributed by atoms with E-state index in [4.69, 9.17) is 9.47 Å². The highest BCUT2D eigenvalue weighted by Crippen LogP contribution is 2.26. The van der Waals surface area contributed by atoms with Gasteiger partial charge in [-0.2, -0.15) is 0 Å². The maximum absolute atomic E-state index is 5.30. The largest absolute Gasteiger partial charge is 0.497 e. The van der Waals surface area contributed by atoms with Crippen LogP contribution in [0, 0.1) is 11.3 Å². The average Bonchev–Trinajstić information content (AvgIpc) is 2.89. The van der Waals surface area contributed by atoms with Crippen LogP contribution in [-0.2, 0) is 24.2 Å². The van der Waals surface area contributed by atoms with Gasteiger partial charge in [0.2, 0.25) is 0 Å². The number of hydrogen-bond acceptors (Lipinski definition) is 4. The van der Waals surface area contributed by atoms with Gasteiger partial charge in [-0.15, -0.1) is 0 Å². The van der Waals surface area contributed by atoms with E-state index in [1.165, 1.54) is 29.5 Å². The minimum atomic E-state index is 0.444. The molecule has 0 fully saturated rings. The van der Waals surface area contributed by atoms with Crippen molar-refractivity contribution in [3.05, 3.63) is 83.5 Å². The summed E-state index contributed by atoms with van der Waals surface area (Å²) in [4.78, 5) is 2.48. The molecule has 0 aliphatic carbocycles. The zero-order valence-electron chi connectivity index (χ0n) is 26.8. The highest BCUT2D eigenvalue weighted by atomic mass is 16.5. The van der Waals surface area contributed by atoms with Crippen LogP contribution in [0.5, 0.6) is 11.5 Å². The first-order chi connectivity index (χ1) is 18.6. The topological polar surface area (TPSA) is 30.9 Å². The fraction of sp³-hybridized carbons (Fsp3) is 0.543. The number of nitrogens with zero attached hydrogens (tertiary/aromatic N) is 1. The van der Waals surface area contributed by atoms with Gasteiger partial charge in [0.25, 0.3) is 0 Å². The highest BCUT2D eigenvalue weighted by Gasteiger charge is 2.17. The predicted molar refractivity (Wildman–Crippen MR) is 170 cm³/mol. The molecule has 0 saturated heterocycles. The number of rotatable bonds is 7. The third kappa shape index (κ3) is 17.6. The van der Waals surface area contributed by atoms with Crippen molar-refractivity contribution in [2.45, 2.75) is 80.8 Å². The van der Waals surface area contributed by atoms with Gasteiger partial charge in [-0.05, 0) is 72.1 Å². The van der Waals surface area contributed by atoms with Gasteiger partial charge in [-0.25, -0.2) is 0 Å². The van der Waals surface area contributed by atoms with Crippen molar-refractivity contribution in [1.82, 2.24) is 4.90 Å². The van der Waals surface area contributed by atoms with Crippen LogP contribution < -0.4 is 9.47 Å². The Balaban J connectivity index is 0.000000683. The van der Waals surface area contributed by atoms with Gasteiger partial charge in [-0.3, -0.25) is 4.90 Å². The second-order valence-electron chi connectivity index (χ2n) is 11.2. The normalized spacial score (nSPS) is 13.7. The lowest BCUT2D eigenvalue weighted by Gasteiger charge is -2.29. The molecule has 1 unspecified atom stereocenters. The summed E-state index contributed by atoms with van der Waals surface area (Å²) in [6.45, 7) is 18.5. The zero-order chi connectivity index (χ0) is 29.7. The minimum absolute atomic E-state index is 0.444. The van der Waals surface area contributed by atoms with Crippen LogP contribution in [0.1, 0.15) is 78.0 Å². The van der Waals surface area contributed by atoms with Crippen molar-refractivity contribution in [2.24, 2.45) is 11.3 Å². The molecule has 39 heavy (non-hydrogen) atoms. The van der Waals surface area contributed by atoms with E-state index in [0.717, 1.165) is 37.6 Å². The minimum Gasteiger partial charge on any atom is -0.497 e. The first-order valence-corrected chi connectivity index (χ1v) is 14.3. The predicted octanol–water partition coefficient (Wildman–Crippen LogP) is 9.13. The number of methoxy groups -OCH3 is 3. The lowest BCUT2D eigenvalue weighted by atomic mass is 9.85. The van der Waals surface area contributed by atoms with Crippen LogP contribution in [0.3, 0.4) is 0 Å². The quantitative estimate of drug-likeness (QED) is 0.328. The third-order valence-corrected chi connectivity index (χ3v) is 5.72. The molecule has 4 heteroatoms. The van der Waals surface area contributed by atoms with Crippen molar-refractivity contribution in [2.75, 3.05) is 35.0 Å². The van der Waals surface area contributed by atoms with Crippen molar-refractivity contribution < 1.29 is 14.2 Å². The maximum Gasteiger partial charge on any atom is 0.119 e. The summed E-state index contributed by atoms with van der Waals surface area (Å²) in [6, 6.07) is 14.7. The van der Waals surface area contributed by atoms with Crippen LogP contribution >= 0.6 is 0 Å². The number of allylic oxidation sites excluding steroid dienone is 4. The van der Waals surface area contributed by atoms with Gasteiger partial charge in [0.05, 0.1) is 14.2 Å². The molecule has 0 N–H and O–H groups in total. The van der Waals surface area contributed by atoms with Crippen LogP contribution in [-0.4, -0.2) is 39.9 Å². The van der Waals surface area contributed by atoms with E-state index in [0.29, 0.717) is 11.3 Å². The Labute approximate surface area is 241 Å². The Morgan fingerprint density at radius 1 is 0.897 bits per heavy atom. The van der Waals surface area contributed by atoms with Crippen molar-refractivity contribution in [1.29, 1.82) is 0 Å². The van der Waals surface area contributed by atoms with Crippen molar-refractivity contribution in [3.8, 4) is 11.5 Å². The molecule has 0 amide bonds. The SMILES string of the molecule is C/C=C\C=C/C(C)CC(C)(C)C.CCC.COC.COc1cccc(CN2CCc3cc(OC)ccc3C2)c1. The van der Waals surface area contributed by atoms with E-state index in [9.17, 15) is 0 Å². The first-order valence-electron chi connectivity index (χ1n) is 14.3. The molecule has 0 radical (unpaired) electrons. The average molecular weight is 540 g/mol. The van der Waals surface area contributed by atoms with Crippen LogP contribution in [0.15, 0.2) is 66.8 Å². The van der Waals surface area contributed by atoms with E-state index >= 15 is 0 Å². The summed E-state index contributed by atoms with van der Waals surface area (Å²) < 4.78 is 14.8. The molecule has 1 heterocycles. The summed E-state index contributed by atoms with van der Waals surface area (Å²) in [5, 5.41) is 0. The smallest absolute Gasteiger partial charge is 0.119 e. The lowest BCUT2D eigenvalue weighted by molar-refractivity contribution is 0.245. The monoisotopic (exact) mass is 539 g/mol. The fourth-order valence-electron chi connectivity index (χ4n) is 4.28. The van der Waals surface area contributed by atoms with E-state index in [-0.39, 0.29) is 0 Å². The van der Waals surface area contributed by atoms with Gasteiger partial charge in [0.1, 0.15) is 11.5 Å². The van der Waals surface area contributed by atoms with Crippen LogP contribution in [0.4, 0.5) is 0 Å². The molecule has 2 aromatic carbocycles. The van der Waals surface area contributed by atoms with E-state index in [2.05, 4.69) is 106 Å². The van der Waals surface area contributed by atoms with Gasteiger partial charge in [0, 0.05) is 33.9 Å². The molecule has 2 aromatic rings. The Morgan fingerprint density at radius 2 is 1.51 bits per heavy atom. The van der Waals surface area contributed by atoms with E-state index in [1.807, 2.05) is 19.1 Å². The molecule has 1 atom stereocenters. The highest BCUT2D eigenvalue weighted by molar-refractivity contribution is 5.37. The Hall–Kier alpha value is -2.56. The van der Waals surface area contributed by atoms with E-state index in [1.54, 1.807) is 28.4 Å². The Kier molecular flexibility index (Phi) is 19.9. The summed E-state index contributed by atoms with van der Waals surface area (Å²) in [7, 11) is 6.68. The summed E-state index contributed by atoms with van der Waals surface area (Å²) in [5.74, 6) is 2.56. The molecule has 3 rings (SSSR count). The number of benzene rings is 2. The summed E-state index contributed by atoms with van der Waals surface area (Å²) in [6.07, 6.45) is 12.1. The van der Waals surface area contributed by atoms with Crippen molar-refractivity contribution >= 4 is 0 Å². The molecule has 0 bridgehead atoms. The molecule has 4 nitrogen and oxygen atoms in total. The maximum atomic E-state index is 5.30. The Bertz CT molecular complexity index is 941. The van der Waals surface area contributed by atoms with Gasteiger partial charge >= 0.3 is 0 Å². The summed E-state index contributed by atoms with van der Waals surface area (Å²) >= 11 is 0. The van der Waals surface area contributed by atoms with Crippen LogP contribution in [0.25, 0.3) is 0 Å².